The highest BCUT2D eigenvalue weighted by Crippen LogP contribution is 2.26. The minimum absolute atomic E-state index is 0.0370. The summed E-state index contributed by atoms with van der Waals surface area (Å²) >= 11 is 0. The van der Waals surface area contributed by atoms with E-state index < -0.39 is 0 Å². The van der Waals surface area contributed by atoms with E-state index in [9.17, 15) is 9.90 Å². The number of rotatable bonds is 3. The summed E-state index contributed by atoms with van der Waals surface area (Å²) in [7, 11) is 1.50. The molecular weight excluding hydrogens is 242 g/mol. The fourth-order valence-corrected chi connectivity index (χ4v) is 2.20. The van der Waals surface area contributed by atoms with E-state index in [2.05, 4.69) is 0 Å². The van der Waals surface area contributed by atoms with Gasteiger partial charge in [0.05, 0.1) is 7.11 Å². The van der Waals surface area contributed by atoms with E-state index in [-0.39, 0.29) is 11.7 Å². The molecule has 1 aromatic carbocycles. The SMILES string of the molecule is COc1ccc(/C=C/C(=O)N2CCCCC2)cc1O. The van der Waals surface area contributed by atoms with E-state index in [1.54, 1.807) is 30.4 Å². The van der Waals surface area contributed by atoms with Crippen LogP contribution in [0.5, 0.6) is 11.5 Å². The molecule has 0 aromatic heterocycles. The van der Waals surface area contributed by atoms with Gasteiger partial charge >= 0.3 is 0 Å². The first-order valence-electron chi connectivity index (χ1n) is 6.54. The maximum Gasteiger partial charge on any atom is 0.246 e. The average Bonchev–Trinajstić information content (AvgIpc) is 2.46. The molecule has 1 aliphatic rings. The molecule has 1 fully saturated rings. The normalized spacial score (nSPS) is 15.7. The predicted molar refractivity (Wildman–Crippen MR) is 74.1 cm³/mol. The van der Waals surface area contributed by atoms with Crippen LogP contribution in [0.4, 0.5) is 0 Å². The smallest absolute Gasteiger partial charge is 0.246 e. The highest BCUT2D eigenvalue weighted by molar-refractivity contribution is 5.91. The molecule has 0 radical (unpaired) electrons. The Bertz CT molecular complexity index is 476. The standard InChI is InChI=1S/C15H19NO3/c1-19-14-7-5-12(11-13(14)17)6-8-15(18)16-9-3-2-4-10-16/h5-8,11,17H,2-4,9-10H2,1H3/b8-6+. The molecule has 1 N–H and O–H groups in total. The minimum Gasteiger partial charge on any atom is -0.504 e. The highest BCUT2D eigenvalue weighted by Gasteiger charge is 2.13. The first-order valence-corrected chi connectivity index (χ1v) is 6.54. The number of methoxy groups -OCH3 is 1. The van der Waals surface area contributed by atoms with Gasteiger partial charge in [-0.3, -0.25) is 4.79 Å². The number of carbonyl (C=O) groups excluding carboxylic acids is 1. The summed E-state index contributed by atoms with van der Waals surface area (Å²) in [6.07, 6.45) is 6.66. The van der Waals surface area contributed by atoms with Crippen molar-refractivity contribution in [3.05, 3.63) is 29.8 Å². The van der Waals surface area contributed by atoms with Gasteiger partial charge in [0.1, 0.15) is 0 Å². The van der Waals surface area contributed by atoms with Gasteiger partial charge in [-0.05, 0) is 43.0 Å². The number of carbonyl (C=O) groups is 1. The van der Waals surface area contributed by atoms with Crippen LogP contribution in [0.2, 0.25) is 0 Å². The topological polar surface area (TPSA) is 49.8 Å². The van der Waals surface area contributed by atoms with E-state index in [1.807, 2.05) is 4.90 Å². The van der Waals surface area contributed by atoms with Gasteiger partial charge in [0.25, 0.3) is 0 Å². The first kappa shape index (κ1) is 13.5. The summed E-state index contributed by atoms with van der Waals surface area (Å²) in [6.45, 7) is 1.69. The highest BCUT2D eigenvalue weighted by atomic mass is 16.5. The van der Waals surface area contributed by atoms with Crippen molar-refractivity contribution in [2.24, 2.45) is 0 Å². The Morgan fingerprint density at radius 2 is 2.05 bits per heavy atom. The Labute approximate surface area is 113 Å². The molecule has 2 rings (SSSR count). The first-order chi connectivity index (χ1) is 9.20. The number of hydrogen-bond donors (Lipinski definition) is 1. The van der Waals surface area contributed by atoms with Gasteiger partial charge in [0.2, 0.25) is 5.91 Å². The van der Waals surface area contributed by atoms with Gasteiger partial charge < -0.3 is 14.7 Å². The van der Waals surface area contributed by atoms with Crippen LogP contribution in [0.1, 0.15) is 24.8 Å². The molecule has 1 heterocycles. The molecule has 1 aliphatic heterocycles. The van der Waals surface area contributed by atoms with Crippen LogP contribution < -0.4 is 4.74 Å². The molecule has 1 saturated heterocycles. The van der Waals surface area contributed by atoms with Crippen LogP contribution >= 0.6 is 0 Å². The van der Waals surface area contributed by atoms with Crippen molar-refractivity contribution < 1.29 is 14.6 Å². The Kier molecular flexibility index (Phi) is 4.44. The quantitative estimate of drug-likeness (QED) is 0.850. The second kappa shape index (κ2) is 6.27. The maximum atomic E-state index is 11.9. The number of ether oxygens (including phenoxy) is 1. The van der Waals surface area contributed by atoms with Crippen molar-refractivity contribution in [2.75, 3.05) is 20.2 Å². The van der Waals surface area contributed by atoms with Gasteiger partial charge in [-0.1, -0.05) is 6.07 Å². The average molecular weight is 261 g/mol. The van der Waals surface area contributed by atoms with E-state index in [0.717, 1.165) is 31.5 Å². The predicted octanol–water partition coefficient (Wildman–Crippen LogP) is 2.43. The lowest BCUT2D eigenvalue weighted by Gasteiger charge is -2.25. The monoisotopic (exact) mass is 261 g/mol. The van der Waals surface area contributed by atoms with E-state index in [4.69, 9.17) is 4.74 Å². The van der Waals surface area contributed by atoms with Crippen molar-refractivity contribution in [1.29, 1.82) is 0 Å². The van der Waals surface area contributed by atoms with Gasteiger partial charge in [-0.2, -0.15) is 0 Å². The van der Waals surface area contributed by atoms with E-state index in [0.29, 0.717) is 5.75 Å². The number of hydrogen-bond acceptors (Lipinski definition) is 3. The van der Waals surface area contributed by atoms with Crippen molar-refractivity contribution in [2.45, 2.75) is 19.3 Å². The number of nitrogens with zero attached hydrogens (tertiary/aromatic N) is 1. The number of phenols is 1. The Hall–Kier alpha value is -1.97. The molecule has 1 aromatic rings. The number of phenolic OH excluding ortho intramolecular Hbond substituents is 1. The van der Waals surface area contributed by atoms with Crippen LogP contribution in [0.3, 0.4) is 0 Å². The van der Waals surface area contributed by atoms with Crippen LogP contribution in [0.25, 0.3) is 6.08 Å². The molecule has 4 nitrogen and oxygen atoms in total. The maximum absolute atomic E-state index is 11.9. The molecule has 0 aliphatic carbocycles. The van der Waals surface area contributed by atoms with Gasteiger partial charge in [-0.25, -0.2) is 0 Å². The summed E-state index contributed by atoms with van der Waals surface area (Å²) in [4.78, 5) is 13.8. The third kappa shape index (κ3) is 3.50. The molecule has 0 atom stereocenters. The molecule has 1 amide bonds. The molecule has 0 spiro atoms. The third-order valence-corrected chi connectivity index (χ3v) is 3.29. The molecule has 0 bridgehead atoms. The molecular formula is C15H19NO3. The summed E-state index contributed by atoms with van der Waals surface area (Å²) < 4.78 is 4.97. The fourth-order valence-electron chi connectivity index (χ4n) is 2.20. The number of benzene rings is 1. The zero-order chi connectivity index (χ0) is 13.7. The number of likely N-dealkylation sites (tertiary alicyclic amines) is 1. The van der Waals surface area contributed by atoms with Gasteiger partial charge in [0, 0.05) is 19.2 Å². The van der Waals surface area contributed by atoms with Crippen LogP contribution in [0.15, 0.2) is 24.3 Å². The van der Waals surface area contributed by atoms with Gasteiger partial charge in [0.15, 0.2) is 11.5 Å². The van der Waals surface area contributed by atoms with Crippen molar-refractivity contribution in [3.8, 4) is 11.5 Å². The lowest BCUT2D eigenvalue weighted by atomic mass is 10.1. The van der Waals surface area contributed by atoms with Crippen molar-refractivity contribution in [3.63, 3.8) is 0 Å². The zero-order valence-electron chi connectivity index (χ0n) is 11.1. The summed E-state index contributed by atoms with van der Waals surface area (Å²) in [5.74, 6) is 0.546. The van der Waals surface area contributed by atoms with E-state index >= 15 is 0 Å². The molecule has 102 valence electrons. The zero-order valence-corrected chi connectivity index (χ0v) is 11.1. The molecule has 4 heteroatoms. The third-order valence-electron chi connectivity index (χ3n) is 3.29. The second-order valence-electron chi connectivity index (χ2n) is 4.65. The summed E-state index contributed by atoms with van der Waals surface area (Å²) in [5.41, 5.74) is 0.781. The largest absolute Gasteiger partial charge is 0.504 e. The van der Waals surface area contributed by atoms with Gasteiger partial charge in [-0.15, -0.1) is 0 Å². The Morgan fingerprint density at radius 3 is 2.68 bits per heavy atom. The second-order valence-corrected chi connectivity index (χ2v) is 4.65. The van der Waals surface area contributed by atoms with Crippen molar-refractivity contribution >= 4 is 12.0 Å². The van der Waals surface area contributed by atoms with Crippen LogP contribution in [-0.2, 0) is 4.79 Å². The van der Waals surface area contributed by atoms with Crippen molar-refractivity contribution in [1.82, 2.24) is 4.90 Å². The number of piperidine rings is 1. The summed E-state index contributed by atoms with van der Waals surface area (Å²) in [5, 5.41) is 9.65. The molecule has 19 heavy (non-hydrogen) atoms. The van der Waals surface area contributed by atoms with Crippen LogP contribution in [0, 0.1) is 0 Å². The minimum atomic E-state index is 0.0370. The molecule has 0 unspecified atom stereocenters. The van der Waals surface area contributed by atoms with Crippen LogP contribution in [-0.4, -0.2) is 36.1 Å². The Balaban J connectivity index is 2.01. The Morgan fingerprint density at radius 1 is 1.32 bits per heavy atom. The lowest BCUT2D eigenvalue weighted by Crippen LogP contribution is -2.34. The number of aromatic hydroxyl groups is 1. The molecule has 0 saturated carbocycles. The van der Waals surface area contributed by atoms with E-state index in [1.165, 1.54) is 13.5 Å². The number of amides is 1. The fraction of sp³-hybridized carbons (Fsp3) is 0.400. The lowest BCUT2D eigenvalue weighted by molar-refractivity contribution is -0.126. The summed E-state index contributed by atoms with van der Waals surface area (Å²) in [6, 6.07) is 5.07.